The Balaban J connectivity index is 2.47. The fraction of sp³-hybridized carbons (Fsp3) is 0.667. The van der Waals surface area contributed by atoms with Gasteiger partial charge in [-0.25, -0.2) is 0 Å². The van der Waals surface area contributed by atoms with E-state index in [9.17, 15) is 9.59 Å². The summed E-state index contributed by atoms with van der Waals surface area (Å²) >= 11 is 0. The third-order valence-corrected chi connectivity index (χ3v) is 2.16. The van der Waals surface area contributed by atoms with Crippen molar-refractivity contribution in [2.75, 3.05) is 6.54 Å². The van der Waals surface area contributed by atoms with Gasteiger partial charge >= 0.3 is 5.97 Å². The molecule has 3 N–H and O–H groups in total. The number of hydrogen-bond donors (Lipinski definition) is 3. The predicted octanol–water partition coefficient (Wildman–Crippen LogP) is -0.324. The van der Waals surface area contributed by atoms with Crippen LogP contribution in [0, 0.1) is 11.8 Å². The summed E-state index contributed by atoms with van der Waals surface area (Å²) in [5.74, 6) is -1.91. The Bertz CT molecular complexity index is 376. The molecule has 1 unspecified atom stereocenters. The van der Waals surface area contributed by atoms with Crippen LogP contribution in [0.25, 0.3) is 0 Å². The molecule has 8 nitrogen and oxygen atoms in total. The van der Waals surface area contributed by atoms with Crippen LogP contribution in [0.1, 0.15) is 30.9 Å². The number of tetrazole rings is 1. The molecule has 0 aliphatic heterocycles. The number of nitrogens with zero attached hydrogens (tertiary/aromatic N) is 3. The minimum Gasteiger partial charge on any atom is -0.481 e. The Kier molecular flexibility index (Phi) is 4.56. The molecule has 0 aliphatic rings. The molecule has 0 fully saturated rings. The number of nitrogens with one attached hydrogen (secondary N) is 2. The van der Waals surface area contributed by atoms with E-state index in [0.717, 1.165) is 0 Å². The van der Waals surface area contributed by atoms with Crippen LogP contribution in [-0.2, 0) is 4.79 Å². The summed E-state index contributed by atoms with van der Waals surface area (Å²) in [7, 11) is 0. The maximum Gasteiger partial charge on any atom is 0.308 e. The Hall–Kier alpha value is -1.99. The molecule has 94 valence electrons. The lowest BCUT2D eigenvalue weighted by Crippen LogP contribution is -2.34. The molecule has 1 amide bonds. The van der Waals surface area contributed by atoms with E-state index >= 15 is 0 Å². The zero-order chi connectivity index (χ0) is 12.8. The highest BCUT2D eigenvalue weighted by molar-refractivity contribution is 5.90. The zero-order valence-electron chi connectivity index (χ0n) is 9.67. The number of carboxylic acids is 1. The summed E-state index contributed by atoms with van der Waals surface area (Å²) in [6.07, 6.45) is 0.502. The number of hydrogen-bond acceptors (Lipinski definition) is 5. The van der Waals surface area contributed by atoms with Gasteiger partial charge in [-0.15, -0.1) is 10.2 Å². The van der Waals surface area contributed by atoms with Crippen molar-refractivity contribution in [3.8, 4) is 0 Å². The highest BCUT2D eigenvalue weighted by Gasteiger charge is 2.20. The van der Waals surface area contributed by atoms with E-state index < -0.39 is 17.8 Å². The Labute approximate surface area is 97.8 Å². The first-order valence-electron chi connectivity index (χ1n) is 5.25. The fourth-order valence-corrected chi connectivity index (χ4v) is 1.39. The number of H-pyrrole nitrogens is 1. The molecule has 0 bridgehead atoms. The summed E-state index contributed by atoms with van der Waals surface area (Å²) in [4.78, 5) is 22.4. The quantitative estimate of drug-likeness (QED) is 0.627. The van der Waals surface area contributed by atoms with Gasteiger partial charge in [0.05, 0.1) is 5.92 Å². The highest BCUT2D eigenvalue weighted by atomic mass is 16.4. The molecular weight excluding hydrogens is 226 g/mol. The van der Waals surface area contributed by atoms with Crippen molar-refractivity contribution in [3.63, 3.8) is 0 Å². The molecule has 1 heterocycles. The van der Waals surface area contributed by atoms with Gasteiger partial charge in [0.1, 0.15) is 0 Å². The van der Waals surface area contributed by atoms with Gasteiger partial charge in [-0.3, -0.25) is 9.59 Å². The lowest BCUT2D eigenvalue weighted by atomic mass is 9.97. The molecule has 0 aliphatic carbocycles. The molecule has 17 heavy (non-hydrogen) atoms. The van der Waals surface area contributed by atoms with Crippen molar-refractivity contribution < 1.29 is 14.7 Å². The molecule has 8 heteroatoms. The third kappa shape index (κ3) is 4.17. The number of carboxylic acid groups (broad SMARTS) is 1. The van der Waals surface area contributed by atoms with E-state index in [-0.39, 0.29) is 18.3 Å². The number of aromatic amines is 1. The second-order valence-electron chi connectivity index (χ2n) is 4.11. The van der Waals surface area contributed by atoms with Crippen LogP contribution in [0.15, 0.2) is 0 Å². The van der Waals surface area contributed by atoms with Crippen LogP contribution in [0.3, 0.4) is 0 Å². The maximum atomic E-state index is 11.4. The second kappa shape index (κ2) is 5.92. The number of rotatable bonds is 6. The van der Waals surface area contributed by atoms with Crippen molar-refractivity contribution in [2.45, 2.75) is 20.3 Å². The van der Waals surface area contributed by atoms with E-state index in [1.165, 1.54) is 0 Å². The van der Waals surface area contributed by atoms with E-state index in [0.29, 0.717) is 6.42 Å². The van der Waals surface area contributed by atoms with E-state index in [2.05, 4.69) is 25.9 Å². The van der Waals surface area contributed by atoms with Gasteiger partial charge in [-0.1, -0.05) is 13.8 Å². The molecule has 0 aromatic carbocycles. The van der Waals surface area contributed by atoms with Crippen molar-refractivity contribution in [1.29, 1.82) is 0 Å². The van der Waals surface area contributed by atoms with Crippen LogP contribution in [0.4, 0.5) is 0 Å². The number of amides is 1. The van der Waals surface area contributed by atoms with Gasteiger partial charge in [0.2, 0.25) is 0 Å². The van der Waals surface area contributed by atoms with Gasteiger partial charge in [0.15, 0.2) is 0 Å². The summed E-state index contributed by atoms with van der Waals surface area (Å²) in [6.45, 7) is 3.91. The van der Waals surface area contributed by atoms with Crippen molar-refractivity contribution >= 4 is 11.9 Å². The highest BCUT2D eigenvalue weighted by Crippen LogP contribution is 2.11. The topological polar surface area (TPSA) is 121 Å². The van der Waals surface area contributed by atoms with Crippen molar-refractivity contribution in [2.24, 2.45) is 11.8 Å². The van der Waals surface area contributed by atoms with Crippen LogP contribution in [0.5, 0.6) is 0 Å². The number of aliphatic carboxylic acids is 1. The predicted molar refractivity (Wildman–Crippen MR) is 57.1 cm³/mol. The molecule has 1 atom stereocenters. The van der Waals surface area contributed by atoms with E-state index in [1.807, 2.05) is 13.8 Å². The third-order valence-electron chi connectivity index (χ3n) is 2.16. The Morgan fingerprint density at radius 3 is 2.65 bits per heavy atom. The van der Waals surface area contributed by atoms with Gasteiger partial charge < -0.3 is 10.4 Å². The number of carbonyl (C=O) groups is 2. The lowest BCUT2D eigenvalue weighted by molar-refractivity contribution is -0.142. The first kappa shape index (κ1) is 13.1. The van der Waals surface area contributed by atoms with Gasteiger partial charge in [-0.05, 0) is 17.6 Å². The SMILES string of the molecule is CC(C)CC(CNC(=O)c1nn[nH]n1)C(=O)O. The molecule has 1 aromatic rings. The van der Waals surface area contributed by atoms with Crippen LogP contribution in [-0.4, -0.2) is 44.2 Å². The molecular formula is C9H15N5O3. The number of carbonyl (C=O) groups excluding carboxylic acids is 1. The first-order chi connectivity index (χ1) is 8.00. The molecule has 0 spiro atoms. The van der Waals surface area contributed by atoms with Gasteiger partial charge in [-0.2, -0.15) is 5.21 Å². The van der Waals surface area contributed by atoms with E-state index in [4.69, 9.17) is 5.11 Å². The molecule has 1 aromatic heterocycles. The lowest BCUT2D eigenvalue weighted by Gasteiger charge is -2.14. The molecule has 1 rings (SSSR count). The minimum atomic E-state index is -0.924. The van der Waals surface area contributed by atoms with Crippen LogP contribution >= 0.6 is 0 Å². The normalized spacial score (nSPS) is 12.4. The van der Waals surface area contributed by atoms with E-state index in [1.54, 1.807) is 0 Å². The summed E-state index contributed by atoms with van der Waals surface area (Å²) in [5, 5.41) is 23.8. The summed E-state index contributed by atoms with van der Waals surface area (Å²) in [6, 6.07) is 0. The smallest absolute Gasteiger partial charge is 0.308 e. The van der Waals surface area contributed by atoms with Crippen LogP contribution < -0.4 is 5.32 Å². The average molecular weight is 241 g/mol. The molecule has 0 saturated heterocycles. The monoisotopic (exact) mass is 241 g/mol. The zero-order valence-corrected chi connectivity index (χ0v) is 9.67. The van der Waals surface area contributed by atoms with Crippen molar-refractivity contribution in [3.05, 3.63) is 5.82 Å². The molecule has 0 saturated carbocycles. The Morgan fingerprint density at radius 2 is 2.18 bits per heavy atom. The summed E-state index contributed by atoms with van der Waals surface area (Å²) in [5.41, 5.74) is 0. The largest absolute Gasteiger partial charge is 0.481 e. The average Bonchev–Trinajstić information content (AvgIpc) is 2.76. The molecule has 0 radical (unpaired) electrons. The second-order valence-corrected chi connectivity index (χ2v) is 4.11. The van der Waals surface area contributed by atoms with Gasteiger partial charge in [0, 0.05) is 6.54 Å². The van der Waals surface area contributed by atoms with Crippen molar-refractivity contribution in [1.82, 2.24) is 25.9 Å². The minimum absolute atomic E-state index is 0.0564. The Morgan fingerprint density at radius 1 is 1.47 bits per heavy atom. The maximum absolute atomic E-state index is 11.4. The number of aromatic nitrogens is 4. The standard InChI is InChI=1S/C9H15N5O3/c1-5(2)3-6(9(16)17)4-10-8(15)7-11-13-14-12-7/h5-6H,3-4H2,1-2H3,(H,10,15)(H,16,17)(H,11,12,13,14). The van der Waals surface area contributed by atoms with Crippen LogP contribution in [0.2, 0.25) is 0 Å². The summed E-state index contributed by atoms with van der Waals surface area (Å²) < 4.78 is 0. The first-order valence-corrected chi connectivity index (χ1v) is 5.25. The van der Waals surface area contributed by atoms with Gasteiger partial charge in [0.25, 0.3) is 11.7 Å². The fourth-order valence-electron chi connectivity index (χ4n) is 1.39.